The van der Waals surface area contributed by atoms with E-state index in [1.165, 1.54) is 26.4 Å². The van der Waals surface area contributed by atoms with E-state index < -0.39 is 5.82 Å². The third-order valence-corrected chi connectivity index (χ3v) is 4.96. The normalized spacial score (nSPS) is 10.7. The molecule has 6 nitrogen and oxygen atoms in total. The molecule has 3 rings (SSSR count). The first-order chi connectivity index (χ1) is 13.8. The standard InChI is InChI=1S/C21H21ClFN3O3/c1-12-20(24-21(27)19-17(28-3)6-5-7-18(19)29-4)13(2)26(25-12)11-14-8-9-15(23)10-16(14)22/h5-10H,11H2,1-4H3,(H,24,27). The molecule has 0 aliphatic heterocycles. The molecule has 1 N–H and O–H groups in total. The van der Waals surface area contributed by atoms with Gasteiger partial charge in [0.1, 0.15) is 22.9 Å². The summed E-state index contributed by atoms with van der Waals surface area (Å²) in [5.41, 5.74) is 2.99. The largest absolute Gasteiger partial charge is 0.496 e. The molecule has 2 aromatic carbocycles. The number of hydrogen-bond donors (Lipinski definition) is 1. The first kappa shape index (κ1) is 20.7. The predicted molar refractivity (Wildman–Crippen MR) is 110 cm³/mol. The molecule has 0 fully saturated rings. The maximum absolute atomic E-state index is 13.3. The van der Waals surface area contributed by atoms with E-state index >= 15 is 0 Å². The van der Waals surface area contributed by atoms with Crippen LogP contribution in [0.3, 0.4) is 0 Å². The van der Waals surface area contributed by atoms with Gasteiger partial charge in [0.15, 0.2) is 0 Å². The molecule has 0 aliphatic carbocycles. The zero-order chi connectivity index (χ0) is 21.1. The molecule has 1 aromatic heterocycles. The number of amides is 1. The SMILES string of the molecule is COc1cccc(OC)c1C(=O)Nc1c(C)nn(Cc2ccc(F)cc2Cl)c1C. The van der Waals surface area contributed by atoms with Crippen molar-refractivity contribution in [2.24, 2.45) is 0 Å². The van der Waals surface area contributed by atoms with Crippen LogP contribution in [0.25, 0.3) is 0 Å². The number of nitrogens with one attached hydrogen (secondary N) is 1. The van der Waals surface area contributed by atoms with Crippen LogP contribution < -0.4 is 14.8 Å². The molecule has 1 amide bonds. The lowest BCUT2D eigenvalue weighted by Crippen LogP contribution is -2.15. The predicted octanol–water partition coefficient (Wildman–Crippen LogP) is 4.61. The maximum Gasteiger partial charge on any atom is 0.263 e. The van der Waals surface area contributed by atoms with Crippen molar-refractivity contribution in [1.82, 2.24) is 9.78 Å². The fraction of sp³-hybridized carbons (Fsp3) is 0.238. The molecule has 0 saturated carbocycles. The summed E-state index contributed by atoms with van der Waals surface area (Å²) in [6, 6.07) is 9.36. The number of anilines is 1. The Morgan fingerprint density at radius 3 is 2.41 bits per heavy atom. The van der Waals surface area contributed by atoms with Crippen LogP contribution in [0, 0.1) is 19.7 Å². The van der Waals surface area contributed by atoms with E-state index in [0.717, 1.165) is 11.3 Å². The second kappa shape index (κ2) is 8.53. The summed E-state index contributed by atoms with van der Waals surface area (Å²) in [7, 11) is 2.99. The second-order valence-electron chi connectivity index (χ2n) is 6.43. The lowest BCUT2D eigenvalue weighted by Gasteiger charge is -2.13. The van der Waals surface area contributed by atoms with Crippen molar-refractivity contribution < 1.29 is 18.7 Å². The van der Waals surface area contributed by atoms with Crippen molar-refractivity contribution in [3.63, 3.8) is 0 Å². The van der Waals surface area contributed by atoms with E-state index in [1.807, 2.05) is 6.92 Å². The quantitative estimate of drug-likeness (QED) is 0.636. The highest BCUT2D eigenvalue weighted by Gasteiger charge is 2.21. The van der Waals surface area contributed by atoms with Crippen molar-refractivity contribution >= 4 is 23.2 Å². The van der Waals surface area contributed by atoms with E-state index in [9.17, 15) is 9.18 Å². The number of hydrogen-bond acceptors (Lipinski definition) is 4. The van der Waals surface area contributed by atoms with Gasteiger partial charge in [0.05, 0.1) is 37.8 Å². The van der Waals surface area contributed by atoms with Gasteiger partial charge in [0, 0.05) is 5.02 Å². The van der Waals surface area contributed by atoms with Gasteiger partial charge in [-0.1, -0.05) is 23.7 Å². The molecule has 152 valence electrons. The zero-order valence-electron chi connectivity index (χ0n) is 16.5. The van der Waals surface area contributed by atoms with Gasteiger partial charge in [-0.15, -0.1) is 0 Å². The van der Waals surface area contributed by atoms with Gasteiger partial charge in [-0.2, -0.15) is 5.10 Å². The Hall–Kier alpha value is -3.06. The third-order valence-electron chi connectivity index (χ3n) is 4.61. The lowest BCUT2D eigenvalue weighted by molar-refractivity contribution is 0.102. The number of halogens is 2. The number of aryl methyl sites for hydroxylation is 1. The number of carbonyl (C=O) groups excluding carboxylic acids is 1. The molecule has 0 saturated heterocycles. The molecule has 0 radical (unpaired) electrons. The van der Waals surface area contributed by atoms with Gasteiger partial charge in [-0.25, -0.2) is 4.39 Å². The minimum atomic E-state index is -0.397. The van der Waals surface area contributed by atoms with Crippen LogP contribution in [0.2, 0.25) is 5.02 Å². The van der Waals surface area contributed by atoms with Crippen LogP contribution in [-0.2, 0) is 6.54 Å². The first-order valence-corrected chi connectivity index (χ1v) is 9.23. The Morgan fingerprint density at radius 2 is 1.83 bits per heavy atom. The summed E-state index contributed by atoms with van der Waals surface area (Å²) in [5, 5.41) is 7.71. The minimum absolute atomic E-state index is 0.297. The molecule has 0 aliphatic rings. The smallest absolute Gasteiger partial charge is 0.263 e. The van der Waals surface area contributed by atoms with Crippen molar-refractivity contribution in [2.45, 2.75) is 20.4 Å². The van der Waals surface area contributed by atoms with E-state index in [0.29, 0.717) is 40.0 Å². The van der Waals surface area contributed by atoms with E-state index in [2.05, 4.69) is 10.4 Å². The fourth-order valence-corrected chi connectivity index (χ4v) is 3.32. The summed E-state index contributed by atoms with van der Waals surface area (Å²) in [5.74, 6) is 0.0426. The number of nitrogens with zero attached hydrogens (tertiary/aromatic N) is 2. The van der Waals surface area contributed by atoms with Crippen molar-refractivity contribution in [3.05, 3.63) is 69.8 Å². The number of methoxy groups -OCH3 is 2. The summed E-state index contributed by atoms with van der Waals surface area (Å²) in [4.78, 5) is 13.0. The van der Waals surface area contributed by atoms with Crippen molar-refractivity contribution in [3.8, 4) is 11.5 Å². The average molecular weight is 418 g/mol. The van der Waals surface area contributed by atoms with Crippen LogP contribution in [0.4, 0.5) is 10.1 Å². The van der Waals surface area contributed by atoms with Crippen LogP contribution in [0.1, 0.15) is 27.3 Å². The number of ether oxygens (including phenoxy) is 2. The zero-order valence-corrected chi connectivity index (χ0v) is 17.3. The Balaban J connectivity index is 1.91. The van der Waals surface area contributed by atoms with Crippen molar-refractivity contribution in [1.29, 1.82) is 0 Å². The molecule has 1 heterocycles. The summed E-state index contributed by atoms with van der Waals surface area (Å²) >= 11 is 6.13. The van der Waals surface area contributed by atoms with Gasteiger partial charge in [-0.05, 0) is 43.7 Å². The van der Waals surface area contributed by atoms with Crippen LogP contribution >= 0.6 is 11.6 Å². The Kier molecular flexibility index (Phi) is 6.08. The highest BCUT2D eigenvalue weighted by atomic mass is 35.5. The third kappa shape index (κ3) is 4.19. The lowest BCUT2D eigenvalue weighted by atomic mass is 10.1. The molecule has 29 heavy (non-hydrogen) atoms. The summed E-state index contributed by atoms with van der Waals surface area (Å²) < 4.78 is 25.6. The number of rotatable bonds is 6. The maximum atomic E-state index is 13.3. The van der Waals surface area contributed by atoms with E-state index in [1.54, 1.807) is 35.9 Å². The molecular formula is C21H21ClFN3O3. The van der Waals surface area contributed by atoms with Gasteiger partial charge < -0.3 is 14.8 Å². The Bertz CT molecular complexity index is 1040. The van der Waals surface area contributed by atoms with Gasteiger partial charge >= 0.3 is 0 Å². The highest BCUT2D eigenvalue weighted by molar-refractivity contribution is 6.31. The molecule has 0 bridgehead atoms. The van der Waals surface area contributed by atoms with Gasteiger partial charge in [0.25, 0.3) is 5.91 Å². The summed E-state index contributed by atoms with van der Waals surface area (Å²) in [6.07, 6.45) is 0. The Labute approximate surface area is 173 Å². The van der Waals surface area contributed by atoms with Crippen LogP contribution in [0.15, 0.2) is 36.4 Å². The molecule has 0 spiro atoms. The average Bonchev–Trinajstić information content (AvgIpc) is 2.96. The molecule has 3 aromatic rings. The topological polar surface area (TPSA) is 65.4 Å². The molecule has 0 atom stereocenters. The monoisotopic (exact) mass is 417 g/mol. The van der Waals surface area contributed by atoms with Crippen molar-refractivity contribution in [2.75, 3.05) is 19.5 Å². The number of aromatic nitrogens is 2. The van der Waals surface area contributed by atoms with Crippen LogP contribution in [0.5, 0.6) is 11.5 Å². The molecule has 0 unspecified atom stereocenters. The van der Waals surface area contributed by atoms with Gasteiger partial charge in [-0.3, -0.25) is 9.48 Å². The first-order valence-electron chi connectivity index (χ1n) is 8.86. The molecular weight excluding hydrogens is 397 g/mol. The summed E-state index contributed by atoms with van der Waals surface area (Å²) in [6.45, 7) is 3.98. The number of carbonyl (C=O) groups is 1. The minimum Gasteiger partial charge on any atom is -0.496 e. The van der Waals surface area contributed by atoms with Gasteiger partial charge in [0.2, 0.25) is 0 Å². The second-order valence-corrected chi connectivity index (χ2v) is 6.84. The Morgan fingerprint density at radius 1 is 1.17 bits per heavy atom. The number of benzene rings is 2. The van der Waals surface area contributed by atoms with E-state index in [-0.39, 0.29) is 5.91 Å². The highest BCUT2D eigenvalue weighted by Crippen LogP contribution is 2.30. The molecule has 8 heteroatoms. The van der Waals surface area contributed by atoms with E-state index in [4.69, 9.17) is 21.1 Å². The fourth-order valence-electron chi connectivity index (χ4n) is 3.09. The van der Waals surface area contributed by atoms with Crippen LogP contribution in [-0.4, -0.2) is 29.9 Å².